The van der Waals surface area contributed by atoms with Crippen molar-refractivity contribution in [1.82, 2.24) is 0 Å². The van der Waals surface area contributed by atoms with Crippen LogP contribution in [0.25, 0.3) is 0 Å². The molecule has 5 heteroatoms. The molecule has 0 amide bonds. The average Bonchev–Trinajstić information content (AvgIpc) is 2.83. The maximum atomic E-state index is 4.91. The predicted octanol–water partition coefficient (Wildman–Crippen LogP) is 5.59. The number of halogens is 3. The molecule has 15 heavy (non-hydrogen) atoms. The van der Waals surface area contributed by atoms with E-state index in [0.29, 0.717) is 0 Å². The fourth-order valence-electron chi connectivity index (χ4n) is 1.77. The summed E-state index contributed by atoms with van der Waals surface area (Å²) in [7, 11) is 0. The number of hydrogen-bond acceptors (Lipinski definition) is 0. The Kier molecular flexibility index (Phi) is 20.2. The van der Waals surface area contributed by atoms with Crippen molar-refractivity contribution in [1.29, 1.82) is 0 Å². The third kappa shape index (κ3) is 21.6. The molecule has 0 aromatic carbocycles. The van der Waals surface area contributed by atoms with E-state index in [1.165, 1.54) is 64.2 Å². The van der Waals surface area contributed by atoms with Gasteiger partial charge >= 0.3 is 29.1 Å². The van der Waals surface area contributed by atoms with Crippen molar-refractivity contribution in [3.8, 4) is 0 Å². The molecule has 0 N–H and O–H groups in total. The zero-order chi connectivity index (χ0) is 10.6. The predicted molar refractivity (Wildman–Crippen MR) is 69.5 cm³/mol. The van der Waals surface area contributed by atoms with Crippen LogP contribution in [0, 0.1) is 0 Å². The second-order valence-electron chi connectivity index (χ2n) is 3.75. The minimum absolute atomic E-state index is 0. The molecule has 2 aliphatic rings. The molecule has 0 bridgehead atoms. The third-order valence-electron chi connectivity index (χ3n) is 2.50. The molecule has 2 aliphatic carbocycles. The van der Waals surface area contributed by atoms with Crippen LogP contribution in [0.15, 0.2) is 0 Å². The first-order chi connectivity index (χ1) is 6.73. The Hall–Kier alpha value is 1.83. The maximum Gasteiger partial charge on any atom is 2.00 e. The molecule has 0 aromatic heterocycles. The van der Waals surface area contributed by atoms with Crippen LogP contribution < -0.4 is 0 Å². The van der Waals surface area contributed by atoms with E-state index in [0.717, 1.165) is 0 Å². The van der Waals surface area contributed by atoms with Gasteiger partial charge < -0.3 is 0 Å². The zero-order valence-corrected chi connectivity index (χ0v) is 14.6. The molecule has 2 rings (SSSR count). The molecular weight excluding hydrogens is 347 g/mol. The van der Waals surface area contributed by atoms with Gasteiger partial charge in [0, 0.05) is 0 Å². The van der Waals surface area contributed by atoms with Crippen molar-refractivity contribution in [2.24, 2.45) is 0 Å². The SMILES string of the molecule is C1CCCC1.C1CCCC1.Cl[Si](Cl)Cl.[Nb+2]. The van der Waals surface area contributed by atoms with Gasteiger partial charge in [0.25, 0.3) is 0 Å². The largest absolute Gasteiger partial charge is 2.00 e. The van der Waals surface area contributed by atoms with Gasteiger partial charge in [-0.15, -0.1) is 33.2 Å². The zero-order valence-electron chi connectivity index (χ0n) is 9.15. The van der Waals surface area contributed by atoms with Gasteiger partial charge in [0.1, 0.15) is 0 Å². The summed E-state index contributed by atoms with van der Waals surface area (Å²) in [6.07, 6.45) is 15.0. The Balaban J connectivity index is 0. The number of hydrogen-bond donors (Lipinski definition) is 0. The minimum Gasteiger partial charge on any atom is -0.125 e. The molecule has 0 saturated heterocycles. The van der Waals surface area contributed by atoms with Crippen LogP contribution >= 0.6 is 33.2 Å². The van der Waals surface area contributed by atoms with Crippen molar-refractivity contribution < 1.29 is 22.4 Å². The third-order valence-corrected chi connectivity index (χ3v) is 2.50. The molecule has 88 valence electrons. The quantitative estimate of drug-likeness (QED) is 0.387. The molecular formula is C10H20Cl3NbSi+2. The summed E-state index contributed by atoms with van der Waals surface area (Å²) in [5, 5.41) is 0. The standard InChI is InChI=1S/2C5H10.Cl3Si.Nb/c2*1-2-4-5-3-1;1-4(2)3;/h2*1-5H2;;/q;;;+2. The Morgan fingerprint density at radius 1 is 0.467 bits per heavy atom. The molecule has 0 spiro atoms. The summed E-state index contributed by atoms with van der Waals surface area (Å²) in [6, 6.07) is 0. The van der Waals surface area contributed by atoms with Crippen molar-refractivity contribution in [2.45, 2.75) is 64.2 Å². The smallest absolute Gasteiger partial charge is 0.125 e. The minimum atomic E-state index is -1.46. The van der Waals surface area contributed by atoms with E-state index < -0.39 is 6.73 Å². The van der Waals surface area contributed by atoms with E-state index in [2.05, 4.69) is 0 Å². The summed E-state index contributed by atoms with van der Waals surface area (Å²) in [4.78, 5) is 0. The van der Waals surface area contributed by atoms with Crippen LogP contribution in [0.3, 0.4) is 0 Å². The average molecular weight is 368 g/mol. The van der Waals surface area contributed by atoms with Crippen LogP contribution in [0.4, 0.5) is 0 Å². The van der Waals surface area contributed by atoms with Crippen molar-refractivity contribution >= 4 is 40.0 Å². The van der Waals surface area contributed by atoms with Crippen LogP contribution in [0.2, 0.25) is 0 Å². The van der Waals surface area contributed by atoms with Crippen molar-refractivity contribution in [3.05, 3.63) is 0 Å². The summed E-state index contributed by atoms with van der Waals surface area (Å²) < 4.78 is 0. The van der Waals surface area contributed by atoms with Gasteiger partial charge in [-0.1, -0.05) is 64.2 Å². The van der Waals surface area contributed by atoms with Crippen LogP contribution in [0.5, 0.6) is 0 Å². The summed E-state index contributed by atoms with van der Waals surface area (Å²) in [6.45, 7) is -1.46. The van der Waals surface area contributed by atoms with Gasteiger partial charge in [-0.05, 0) is 0 Å². The second kappa shape index (κ2) is 15.8. The summed E-state index contributed by atoms with van der Waals surface area (Å²) >= 11 is 14.7. The van der Waals surface area contributed by atoms with E-state index in [1.54, 1.807) is 0 Å². The molecule has 2 radical (unpaired) electrons. The Labute approximate surface area is 126 Å². The normalized spacial score (nSPS) is 18.4. The fourth-order valence-corrected chi connectivity index (χ4v) is 1.77. The molecule has 2 fully saturated rings. The molecule has 0 nitrogen and oxygen atoms in total. The van der Waals surface area contributed by atoms with Crippen molar-refractivity contribution in [2.75, 3.05) is 0 Å². The first kappa shape index (κ1) is 19.2. The molecule has 0 aliphatic heterocycles. The number of rotatable bonds is 0. The second-order valence-corrected chi connectivity index (χ2v) is 9.32. The molecule has 0 aromatic rings. The molecule has 2 saturated carbocycles. The van der Waals surface area contributed by atoms with E-state index in [-0.39, 0.29) is 22.4 Å². The molecule has 0 unspecified atom stereocenters. The monoisotopic (exact) mass is 366 g/mol. The Morgan fingerprint density at radius 3 is 0.600 bits per heavy atom. The van der Waals surface area contributed by atoms with Gasteiger partial charge in [0.15, 0.2) is 0 Å². The fraction of sp³-hybridized carbons (Fsp3) is 1.00. The first-order valence-corrected chi connectivity index (χ1v) is 10.1. The van der Waals surface area contributed by atoms with Crippen molar-refractivity contribution in [3.63, 3.8) is 0 Å². The van der Waals surface area contributed by atoms with Gasteiger partial charge in [0.05, 0.1) is 0 Å². The summed E-state index contributed by atoms with van der Waals surface area (Å²) in [5.74, 6) is 0. The van der Waals surface area contributed by atoms with Gasteiger partial charge in [-0.3, -0.25) is 0 Å². The topological polar surface area (TPSA) is 0 Å². The molecule has 0 atom stereocenters. The van der Waals surface area contributed by atoms with E-state index in [9.17, 15) is 0 Å². The van der Waals surface area contributed by atoms with Gasteiger partial charge in [-0.2, -0.15) is 0 Å². The first-order valence-electron chi connectivity index (χ1n) is 5.57. The molecule has 0 heterocycles. The van der Waals surface area contributed by atoms with E-state index >= 15 is 0 Å². The van der Waals surface area contributed by atoms with E-state index in [4.69, 9.17) is 33.2 Å². The van der Waals surface area contributed by atoms with Gasteiger partial charge in [0.2, 0.25) is 0 Å². The Bertz CT molecular complexity index is 78.9. The van der Waals surface area contributed by atoms with Crippen LogP contribution in [-0.4, -0.2) is 6.73 Å². The maximum absolute atomic E-state index is 4.91. The summed E-state index contributed by atoms with van der Waals surface area (Å²) in [5.41, 5.74) is 0. The van der Waals surface area contributed by atoms with Crippen LogP contribution in [-0.2, 0) is 22.4 Å². The van der Waals surface area contributed by atoms with Crippen LogP contribution in [0.1, 0.15) is 64.2 Å². The Morgan fingerprint density at radius 2 is 0.533 bits per heavy atom. The van der Waals surface area contributed by atoms with Gasteiger partial charge in [-0.25, -0.2) is 0 Å². The van der Waals surface area contributed by atoms with E-state index in [1.807, 2.05) is 0 Å².